The molecule has 0 aliphatic heterocycles. The number of anilines is 1. The molecule has 0 spiro atoms. The molecular formula is C10H12N4O2. The number of ether oxygens (including phenoxy) is 1. The maximum atomic E-state index is 11.7. The van der Waals surface area contributed by atoms with Crippen molar-refractivity contribution in [2.75, 3.05) is 5.73 Å². The first kappa shape index (κ1) is 10.4. The van der Waals surface area contributed by atoms with Crippen LogP contribution in [0.4, 0.5) is 5.82 Å². The van der Waals surface area contributed by atoms with Gasteiger partial charge in [0.05, 0.1) is 12.3 Å². The summed E-state index contributed by atoms with van der Waals surface area (Å²) in [7, 11) is 0. The van der Waals surface area contributed by atoms with E-state index >= 15 is 0 Å². The molecule has 2 rings (SSSR count). The zero-order valence-corrected chi connectivity index (χ0v) is 9.04. The Hall–Kier alpha value is -2.11. The molecule has 0 radical (unpaired) electrons. The number of hydrogen-bond acceptors (Lipinski definition) is 5. The normalized spacial score (nSPS) is 10.9. The molecule has 0 fully saturated rings. The topological polar surface area (TPSA) is 82.5 Å². The average molecular weight is 220 g/mol. The minimum absolute atomic E-state index is 0.177. The summed E-state index contributed by atoms with van der Waals surface area (Å²) >= 11 is 0. The molecule has 6 nitrogen and oxygen atoms in total. The summed E-state index contributed by atoms with van der Waals surface area (Å²) in [6, 6.07) is 1.61. The maximum absolute atomic E-state index is 11.7. The number of fused-ring (bicyclic) bond motifs is 1. The van der Waals surface area contributed by atoms with E-state index < -0.39 is 5.97 Å². The minimum atomic E-state index is -0.442. The monoisotopic (exact) mass is 220 g/mol. The number of aromatic nitrogens is 3. The van der Waals surface area contributed by atoms with E-state index in [1.165, 1.54) is 16.9 Å². The van der Waals surface area contributed by atoms with Gasteiger partial charge in [0, 0.05) is 6.20 Å². The standard InChI is InChI=1S/C10H12N4O2/c1-6(2)16-10(15)7-5-13-14-8(11)3-4-12-9(7)14/h3-6H,11H2,1-2H3. The molecule has 0 aromatic carbocycles. The second kappa shape index (κ2) is 3.80. The van der Waals surface area contributed by atoms with Crippen LogP contribution >= 0.6 is 0 Å². The van der Waals surface area contributed by atoms with Gasteiger partial charge < -0.3 is 10.5 Å². The van der Waals surface area contributed by atoms with Crippen LogP contribution in [0.5, 0.6) is 0 Å². The van der Waals surface area contributed by atoms with Crippen molar-refractivity contribution in [3.05, 3.63) is 24.0 Å². The van der Waals surface area contributed by atoms with E-state index in [1.54, 1.807) is 19.9 Å². The fraction of sp³-hybridized carbons (Fsp3) is 0.300. The second-order valence-corrected chi connectivity index (χ2v) is 3.62. The van der Waals surface area contributed by atoms with Crippen molar-refractivity contribution in [3.63, 3.8) is 0 Å². The average Bonchev–Trinajstić information content (AvgIpc) is 2.61. The highest BCUT2D eigenvalue weighted by Gasteiger charge is 2.16. The van der Waals surface area contributed by atoms with Gasteiger partial charge in [0.25, 0.3) is 0 Å². The molecule has 16 heavy (non-hydrogen) atoms. The highest BCUT2D eigenvalue weighted by Crippen LogP contribution is 2.12. The van der Waals surface area contributed by atoms with Crippen molar-refractivity contribution in [1.82, 2.24) is 14.6 Å². The predicted octanol–water partition coefficient (Wildman–Crippen LogP) is 0.877. The Kier molecular flexibility index (Phi) is 2.47. The van der Waals surface area contributed by atoms with E-state index in [-0.39, 0.29) is 6.10 Å². The van der Waals surface area contributed by atoms with Crippen LogP contribution in [0.25, 0.3) is 5.65 Å². The van der Waals surface area contributed by atoms with Crippen LogP contribution in [0, 0.1) is 0 Å². The van der Waals surface area contributed by atoms with Crippen LogP contribution in [0.3, 0.4) is 0 Å². The molecule has 84 valence electrons. The Morgan fingerprint density at radius 1 is 1.56 bits per heavy atom. The lowest BCUT2D eigenvalue weighted by Gasteiger charge is -2.06. The van der Waals surface area contributed by atoms with Gasteiger partial charge in [-0.05, 0) is 19.9 Å². The molecule has 6 heteroatoms. The summed E-state index contributed by atoms with van der Waals surface area (Å²) in [5, 5.41) is 3.97. The quantitative estimate of drug-likeness (QED) is 0.759. The van der Waals surface area contributed by atoms with Gasteiger partial charge in [0.2, 0.25) is 0 Å². The summed E-state index contributed by atoms with van der Waals surface area (Å²) in [5.74, 6) is -0.0169. The zero-order valence-electron chi connectivity index (χ0n) is 9.04. The molecule has 0 unspecified atom stereocenters. The fourth-order valence-electron chi connectivity index (χ4n) is 1.33. The van der Waals surface area contributed by atoms with Crippen LogP contribution in [0.1, 0.15) is 24.2 Å². The van der Waals surface area contributed by atoms with E-state index in [0.717, 1.165) is 0 Å². The molecule has 0 saturated carbocycles. The number of carbonyl (C=O) groups excluding carboxylic acids is 1. The Morgan fingerprint density at radius 2 is 2.31 bits per heavy atom. The molecule has 2 N–H and O–H groups in total. The van der Waals surface area contributed by atoms with Crippen molar-refractivity contribution < 1.29 is 9.53 Å². The lowest BCUT2D eigenvalue weighted by molar-refractivity contribution is 0.0380. The van der Waals surface area contributed by atoms with Gasteiger partial charge in [-0.15, -0.1) is 0 Å². The van der Waals surface area contributed by atoms with Crippen LogP contribution in [0.15, 0.2) is 18.5 Å². The number of hydrogen-bond donors (Lipinski definition) is 1. The van der Waals surface area contributed by atoms with Gasteiger partial charge >= 0.3 is 5.97 Å². The van der Waals surface area contributed by atoms with Gasteiger partial charge in [-0.1, -0.05) is 0 Å². The van der Waals surface area contributed by atoms with Gasteiger partial charge in [0.1, 0.15) is 11.4 Å². The van der Waals surface area contributed by atoms with E-state index in [0.29, 0.717) is 17.0 Å². The third kappa shape index (κ3) is 1.69. The number of esters is 1. The number of nitrogens with zero attached hydrogens (tertiary/aromatic N) is 3. The molecule has 0 atom stereocenters. The Labute approximate surface area is 92.0 Å². The van der Waals surface area contributed by atoms with Crippen LogP contribution in [0.2, 0.25) is 0 Å². The van der Waals surface area contributed by atoms with Crippen LogP contribution in [-0.4, -0.2) is 26.7 Å². The smallest absolute Gasteiger partial charge is 0.343 e. The Morgan fingerprint density at radius 3 is 3.00 bits per heavy atom. The molecule has 0 aliphatic rings. The Balaban J connectivity index is 2.46. The lowest BCUT2D eigenvalue weighted by atomic mass is 10.3. The van der Waals surface area contributed by atoms with E-state index in [4.69, 9.17) is 10.5 Å². The van der Waals surface area contributed by atoms with Crippen molar-refractivity contribution in [1.29, 1.82) is 0 Å². The fourth-order valence-corrected chi connectivity index (χ4v) is 1.33. The van der Waals surface area contributed by atoms with Crippen LogP contribution in [-0.2, 0) is 4.74 Å². The maximum Gasteiger partial charge on any atom is 0.343 e. The summed E-state index contributed by atoms with van der Waals surface area (Å²) in [5.41, 5.74) is 6.41. The third-order valence-electron chi connectivity index (χ3n) is 1.99. The first-order chi connectivity index (χ1) is 7.59. The van der Waals surface area contributed by atoms with E-state index in [9.17, 15) is 4.79 Å². The second-order valence-electron chi connectivity index (χ2n) is 3.62. The summed E-state index contributed by atoms with van der Waals surface area (Å²) in [4.78, 5) is 15.7. The van der Waals surface area contributed by atoms with Crippen molar-refractivity contribution >= 4 is 17.4 Å². The molecule has 0 aliphatic carbocycles. The lowest BCUT2D eigenvalue weighted by Crippen LogP contribution is -2.11. The van der Waals surface area contributed by atoms with E-state index in [1.807, 2.05) is 0 Å². The first-order valence-electron chi connectivity index (χ1n) is 4.89. The van der Waals surface area contributed by atoms with Crippen LogP contribution < -0.4 is 5.73 Å². The van der Waals surface area contributed by atoms with Crippen molar-refractivity contribution in [2.24, 2.45) is 0 Å². The molecule has 2 heterocycles. The van der Waals surface area contributed by atoms with Gasteiger partial charge in [-0.25, -0.2) is 9.78 Å². The third-order valence-corrected chi connectivity index (χ3v) is 1.99. The molecule has 0 amide bonds. The highest BCUT2D eigenvalue weighted by atomic mass is 16.5. The molecule has 0 saturated heterocycles. The molecular weight excluding hydrogens is 208 g/mol. The first-order valence-corrected chi connectivity index (χ1v) is 4.89. The van der Waals surface area contributed by atoms with E-state index in [2.05, 4.69) is 10.1 Å². The van der Waals surface area contributed by atoms with Gasteiger partial charge in [-0.2, -0.15) is 9.61 Å². The van der Waals surface area contributed by atoms with Gasteiger partial charge in [0.15, 0.2) is 5.65 Å². The number of rotatable bonds is 2. The summed E-state index contributed by atoms with van der Waals surface area (Å²) in [6.45, 7) is 3.57. The summed E-state index contributed by atoms with van der Waals surface area (Å²) < 4.78 is 6.47. The van der Waals surface area contributed by atoms with Crippen molar-refractivity contribution in [3.8, 4) is 0 Å². The SMILES string of the molecule is CC(C)OC(=O)c1cnn2c(N)ccnc12. The summed E-state index contributed by atoms with van der Waals surface area (Å²) in [6.07, 6.45) is 2.76. The molecule has 2 aromatic heterocycles. The van der Waals surface area contributed by atoms with Gasteiger partial charge in [-0.3, -0.25) is 0 Å². The minimum Gasteiger partial charge on any atom is -0.459 e. The predicted molar refractivity (Wildman–Crippen MR) is 58.0 cm³/mol. The number of nitrogens with two attached hydrogens (primary N) is 1. The number of carbonyl (C=O) groups is 1. The molecule has 0 bridgehead atoms. The highest BCUT2D eigenvalue weighted by molar-refractivity contribution is 5.95. The largest absolute Gasteiger partial charge is 0.459 e. The molecule has 2 aromatic rings. The number of nitrogen functional groups attached to an aromatic ring is 1. The Bertz CT molecular complexity index is 533. The zero-order chi connectivity index (χ0) is 11.7. The van der Waals surface area contributed by atoms with Crippen molar-refractivity contribution in [2.45, 2.75) is 20.0 Å².